The molecule has 3 aromatic rings. The molecule has 0 aliphatic carbocycles. The van der Waals surface area contributed by atoms with Crippen LogP contribution in [-0.4, -0.2) is 41.1 Å². The van der Waals surface area contributed by atoms with Crippen molar-refractivity contribution in [3.63, 3.8) is 0 Å². The molecule has 1 fully saturated rings. The molecular weight excluding hydrogens is 360 g/mol. The van der Waals surface area contributed by atoms with E-state index in [1.807, 2.05) is 48.7 Å². The van der Waals surface area contributed by atoms with Gasteiger partial charge in [0.1, 0.15) is 11.6 Å². The van der Waals surface area contributed by atoms with Gasteiger partial charge in [0.05, 0.1) is 0 Å². The lowest BCUT2D eigenvalue weighted by Crippen LogP contribution is -2.47. The molecule has 3 heterocycles. The van der Waals surface area contributed by atoms with E-state index in [0.29, 0.717) is 12.5 Å². The van der Waals surface area contributed by atoms with E-state index >= 15 is 0 Å². The Kier molecular flexibility index (Phi) is 5.34. The first-order valence-electron chi connectivity index (χ1n) is 9.01. The molecule has 1 aromatic carbocycles. The van der Waals surface area contributed by atoms with Crippen LogP contribution >= 0.6 is 11.6 Å². The van der Waals surface area contributed by atoms with Crippen LogP contribution in [0.3, 0.4) is 0 Å². The SMILES string of the molecule is Clc1ccccc1CNc1nccc(N2CCN(c3ccccn3)CC2)n1. The summed E-state index contributed by atoms with van der Waals surface area (Å²) in [6.45, 7) is 4.23. The summed E-state index contributed by atoms with van der Waals surface area (Å²) in [6.07, 6.45) is 3.63. The van der Waals surface area contributed by atoms with Gasteiger partial charge in [0.2, 0.25) is 5.95 Å². The Bertz CT molecular complexity index is 880. The molecule has 1 aliphatic rings. The van der Waals surface area contributed by atoms with Crippen LogP contribution in [0.1, 0.15) is 5.56 Å². The number of nitrogens with one attached hydrogen (secondary N) is 1. The van der Waals surface area contributed by atoms with Crippen LogP contribution in [0.4, 0.5) is 17.6 Å². The van der Waals surface area contributed by atoms with Crippen molar-refractivity contribution >= 4 is 29.2 Å². The molecule has 27 heavy (non-hydrogen) atoms. The van der Waals surface area contributed by atoms with Gasteiger partial charge in [-0.3, -0.25) is 0 Å². The topological polar surface area (TPSA) is 57.2 Å². The van der Waals surface area contributed by atoms with E-state index in [2.05, 4.69) is 36.1 Å². The Balaban J connectivity index is 1.37. The molecular formula is C20H21ClN6. The van der Waals surface area contributed by atoms with Gasteiger partial charge in [0.25, 0.3) is 0 Å². The second kappa shape index (κ2) is 8.22. The van der Waals surface area contributed by atoms with E-state index in [9.17, 15) is 0 Å². The summed E-state index contributed by atoms with van der Waals surface area (Å²) in [5.41, 5.74) is 1.03. The van der Waals surface area contributed by atoms with Crippen LogP contribution in [-0.2, 0) is 6.54 Å². The molecule has 1 N–H and O–H groups in total. The number of halogens is 1. The second-order valence-corrected chi connectivity index (χ2v) is 6.75. The molecule has 7 heteroatoms. The van der Waals surface area contributed by atoms with Crippen LogP contribution in [0, 0.1) is 0 Å². The number of pyridine rings is 1. The Labute approximate surface area is 163 Å². The molecule has 0 spiro atoms. The monoisotopic (exact) mass is 380 g/mol. The molecule has 2 aromatic heterocycles. The first-order chi connectivity index (χ1) is 13.3. The Morgan fingerprint density at radius 1 is 0.815 bits per heavy atom. The quantitative estimate of drug-likeness (QED) is 0.731. The van der Waals surface area contributed by atoms with Crippen molar-refractivity contribution in [2.75, 3.05) is 41.3 Å². The molecule has 0 amide bonds. The van der Waals surface area contributed by atoms with Gasteiger partial charge < -0.3 is 15.1 Å². The maximum atomic E-state index is 6.21. The van der Waals surface area contributed by atoms with E-state index in [0.717, 1.165) is 48.4 Å². The van der Waals surface area contributed by atoms with Crippen LogP contribution in [0.25, 0.3) is 0 Å². The zero-order valence-electron chi connectivity index (χ0n) is 14.9. The maximum Gasteiger partial charge on any atom is 0.224 e. The minimum absolute atomic E-state index is 0.594. The second-order valence-electron chi connectivity index (χ2n) is 6.35. The number of piperazine rings is 1. The number of rotatable bonds is 5. The predicted molar refractivity (Wildman–Crippen MR) is 109 cm³/mol. The van der Waals surface area contributed by atoms with Crippen molar-refractivity contribution in [3.8, 4) is 0 Å². The first kappa shape index (κ1) is 17.5. The fourth-order valence-corrected chi connectivity index (χ4v) is 3.33. The third kappa shape index (κ3) is 4.28. The van der Waals surface area contributed by atoms with E-state index in [4.69, 9.17) is 11.6 Å². The summed E-state index contributed by atoms with van der Waals surface area (Å²) in [4.78, 5) is 18.0. The van der Waals surface area contributed by atoms with E-state index < -0.39 is 0 Å². The van der Waals surface area contributed by atoms with Gasteiger partial charge in [-0.2, -0.15) is 4.98 Å². The lowest BCUT2D eigenvalue weighted by atomic mass is 10.2. The molecule has 0 saturated carbocycles. The predicted octanol–water partition coefficient (Wildman–Crippen LogP) is 3.46. The molecule has 138 valence electrons. The average Bonchev–Trinajstić information content (AvgIpc) is 2.74. The Hall–Kier alpha value is -2.86. The van der Waals surface area contributed by atoms with Crippen LogP contribution in [0.15, 0.2) is 60.9 Å². The van der Waals surface area contributed by atoms with Gasteiger partial charge in [-0.1, -0.05) is 35.9 Å². The highest BCUT2D eigenvalue weighted by Crippen LogP contribution is 2.19. The summed E-state index contributed by atoms with van der Waals surface area (Å²) in [7, 11) is 0. The lowest BCUT2D eigenvalue weighted by Gasteiger charge is -2.36. The minimum Gasteiger partial charge on any atom is -0.353 e. The number of hydrogen-bond acceptors (Lipinski definition) is 6. The van der Waals surface area contributed by atoms with Crippen LogP contribution < -0.4 is 15.1 Å². The van der Waals surface area contributed by atoms with Gasteiger partial charge >= 0.3 is 0 Å². The van der Waals surface area contributed by atoms with E-state index in [-0.39, 0.29) is 0 Å². The van der Waals surface area contributed by atoms with Gasteiger partial charge in [-0.15, -0.1) is 0 Å². The zero-order chi connectivity index (χ0) is 18.5. The van der Waals surface area contributed by atoms with Crippen molar-refractivity contribution in [1.82, 2.24) is 15.0 Å². The van der Waals surface area contributed by atoms with Crippen molar-refractivity contribution < 1.29 is 0 Å². The average molecular weight is 381 g/mol. The molecule has 0 radical (unpaired) electrons. The summed E-state index contributed by atoms with van der Waals surface area (Å²) >= 11 is 6.21. The standard InChI is InChI=1S/C20H21ClN6/c21-17-6-2-1-5-16(17)15-24-20-23-10-8-19(25-20)27-13-11-26(12-14-27)18-7-3-4-9-22-18/h1-10H,11-15H2,(H,23,24,25). The molecule has 6 nitrogen and oxygen atoms in total. The zero-order valence-corrected chi connectivity index (χ0v) is 15.7. The fourth-order valence-electron chi connectivity index (χ4n) is 3.13. The molecule has 0 bridgehead atoms. The summed E-state index contributed by atoms with van der Waals surface area (Å²) in [6, 6.07) is 15.8. The largest absolute Gasteiger partial charge is 0.353 e. The number of benzene rings is 1. The minimum atomic E-state index is 0.594. The Morgan fingerprint density at radius 3 is 2.30 bits per heavy atom. The number of hydrogen-bond donors (Lipinski definition) is 1. The summed E-state index contributed by atoms with van der Waals surface area (Å²) in [5, 5.41) is 4.00. The highest BCUT2D eigenvalue weighted by Gasteiger charge is 2.19. The molecule has 0 atom stereocenters. The van der Waals surface area contributed by atoms with Gasteiger partial charge in [0, 0.05) is 50.1 Å². The van der Waals surface area contributed by atoms with Crippen LogP contribution in [0.2, 0.25) is 5.02 Å². The van der Waals surface area contributed by atoms with Crippen LogP contribution in [0.5, 0.6) is 0 Å². The highest BCUT2D eigenvalue weighted by atomic mass is 35.5. The van der Waals surface area contributed by atoms with Gasteiger partial charge in [-0.05, 0) is 29.8 Å². The van der Waals surface area contributed by atoms with Gasteiger partial charge in [0.15, 0.2) is 0 Å². The van der Waals surface area contributed by atoms with Gasteiger partial charge in [-0.25, -0.2) is 9.97 Å². The summed E-state index contributed by atoms with van der Waals surface area (Å²) < 4.78 is 0. The molecule has 1 aliphatic heterocycles. The number of anilines is 3. The number of nitrogens with zero attached hydrogens (tertiary/aromatic N) is 5. The molecule has 1 saturated heterocycles. The van der Waals surface area contributed by atoms with Crippen molar-refractivity contribution in [2.24, 2.45) is 0 Å². The maximum absolute atomic E-state index is 6.21. The highest BCUT2D eigenvalue weighted by molar-refractivity contribution is 6.31. The third-order valence-corrected chi connectivity index (χ3v) is 4.98. The number of aromatic nitrogens is 3. The van der Waals surface area contributed by atoms with E-state index in [1.165, 1.54) is 0 Å². The molecule has 0 unspecified atom stereocenters. The Morgan fingerprint density at radius 2 is 1.56 bits per heavy atom. The first-order valence-corrected chi connectivity index (χ1v) is 9.39. The van der Waals surface area contributed by atoms with Crippen molar-refractivity contribution in [3.05, 3.63) is 71.5 Å². The smallest absolute Gasteiger partial charge is 0.224 e. The van der Waals surface area contributed by atoms with Crippen molar-refractivity contribution in [2.45, 2.75) is 6.54 Å². The third-order valence-electron chi connectivity index (χ3n) is 4.61. The lowest BCUT2D eigenvalue weighted by molar-refractivity contribution is 0.641. The van der Waals surface area contributed by atoms with E-state index in [1.54, 1.807) is 6.20 Å². The fraction of sp³-hybridized carbons (Fsp3) is 0.250. The normalized spacial score (nSPS) is 14.3. The van der Waals surface area contributed by atoms with Crippen molar-refractivity contribution in [1.29, 1.82) is 0 Å². The molecule has 4 rings (SSSR count). The summed E-state index contributed by atoms with van der Waals surface area (Å²) in [5.74, 6) is 2.58.